The van der Waals surface area contributed by atoms with Crippen LogP contribution in [0.3, 0.4) is 0 Å². The summed E-state index contributed by atoms with van der Waals surface area (Å²) in [6.07, 6.45) is 1.26. The number of aromatic nitrogens is 1. The quantitative estimate of drug-likeness (QED) is 0.905. The highest BCUT2D eigenvalue weighted by Crippen LogP contribution is 2.25. The monoisotopic (exact) mass is 247 g/mol. The summed E-state index contributed by atoms with van der Waals surface area (Å²) in [7, 11) is 1.38. The van der Waals surface area contributed by atoms with Crippen molar-refractivity contribution in [3.8, 4) is 17.0 Å². The molecule has 1 aromatic heterocycles. The maximum atomic E-state index is 13.2. The lowest BCUT2D eigenvalue weighted by molar-refractivity contribution is 0.0696. The Labute approximate surface area is 103 Å². The van der Waals surface area contributed by atoms with Crippen LogP contribution in [-0.2, 0) is 0 Å². The van der Waals surface area contributed by atoms with Crippen LogP contribution in [0.15, 0.2) is 36.5 Å². The number of halogens is 1. The number of pyridine rings is 1. The first kappa shape index (κ1) is 12.0. The van der Waals surface area contributed by atoms with Crippen molar-refractivity contribution >= 4 is 5.97 Å². The molecule has 1 N–H and O–H groups in total. The van der Waals surface area contributed by atoms with Crippen molar-refractivity contribution in [3.05, 3.63) is 47.9 Å². The van der Waals surface area contributed by atoms with Crippen LogP contribution in [0, 0.1) is 5.82 Å². The molecule has 18 heavy (non-hydrogen) atoms. The summed E-state index contributed by atoms with van der Waals surface area (Å²) < 4.78 is 18.1. The van der Waals surface area contributed by atoms with Gasteiger partial charge in [-0.15, -0.1) is 0 Å². The van der Waals surface area contributed by atoms with Crippen molar-refractivity contribution in [1.29, 1.82) is 0 Å². The first-order valence-corrected chi connectivity index (χ1v) is 5.15. The van der Waals surface area contributed by atoms with Gasteiger partial charge in [0.2, 0.25) is 0 Å². The molecule has 0 bridgehead atoms. The Bertz CT molecular complexity index is 581. The lowest BCUT2D eigenvalue weighted by Gasteiger charge is -2.05. The molecule has 1 aromatic carbocycles. The van der Waals surface area contributed by atoms with Crippen molar-refractivity contribution in [3.63, 3.8) is 0 Å². The van der Waals surface area contributed by atoms with Gasteiger partial charge in [0.15, 0.2) is 11.6 Å². The van der Waals surface area contributed by atoms with Crippen LogP contribution in [0.4, 0.5) is 4.39 Å². The molecule has 5 heteroatoms. The van der Waals surface area contributed by atoms with Crippen molar-refractivity contribution < 1.29 is 19.0 Å². The van der Waals surface area contributed by atoms with Crippen molar-refractivity contribution in [2.75, 3.05) is 7.11 Å². The third-order valence-electron chi connectivity index (χ3n) is 2.46. The molecule has 4 nitrogen and oxygen atoms in total. The van der Waals surface area contributed by atoms with Gasteiger partial charge in [0, 0.05) is 11.8 Å². The number of hydrogen-bond acceptors (Lipinski definition) is 3. The lowest BCUT2D eigenvalue weighted by Crippen LogP contribution is -1.97. The Hall–Kier alpha value is -2.43. The highest BCUT2D eigenvalue weighted by atomic mass is 19.1. The predicted octanol–water partition coefficient (Wildman–Crippen LogP) is 2.59. The zero-order chi connectivity index (χ0) is 13.1. The summed E-state index contributed by atoms with van der Waals surface area (Å²) in [5, 5.41) is 8.76. The first-order valence-electron chi connectivity index (χ1n) is 5.15. The van der Waals surface area contributed by atoms with Gasteiger partial charge >= 0.3 is 5.97 Å². The maximum Gasteiger partial charge on any atom is 0.337 e. The Morgan fingerprint density at radius 3 is 2.67 bits per heavy atom. The number of aromatic carboxylic acids is 1. The fourth-order valence-electron chi connectivity index (χ4n) is 1.51. The molecule has 92 valence electrons. The normalized spacial score (nSPS) is 10.1. The van der Waals surface area contributed by atoms with Gasteiger partial charge in [-0.05, 0) is 30.3 Å². The molecular weight excluding hydrogens is 237 g/mol. The van der Waals surface area contributed by atoms with E-state index in [1.807, 2.05) is 0 Å². The smallest absolute Gasteiger partial charge is 0.337 e. The lowest BCUT2D eigenvalue weighted by atomic mass is 10.1. The van der Waals surface area contributed by atoms with Crippen LogP contribution in [-0.4, -0.2) is 23.2 Å². The van der Waals surface area contributed by atoms with E-state index < -0.39 is 11.8 Å². The molecule has 0 aliphatic heterocycles. The largest absolute Gasteiger partial charge is 0.494 e. The second-order valence-corrected chi connectivity index (χ2v) is 3.59. The molecule has 0 saturated carbocycles. The van der Waals surface area contributed by atoms with Crippen LogP contribution in [0.5, 0.6) is 5.75 Å². The Balaban J connectivity index is 2.39. The zero-order valence-corrected chi connectivity index (χ0v) is 9.55. The fourth-order valence-corrected chi connectivity index (χ4v) is 1.51. The number of carboxylic acid groups (broad SMARTS) is 1. The Kier molecular flexibility index (Phi) is 3.23. The van der Waals surface area contributed by atoms with Gasteiger partial charge in [0.25, 0.3) is 0 Å². The molecule has 1 heterocycles. The minimum Gasteiger partial charge on any atom is -0.494 e. The molecule has 0 amide bonds. The van der Waals surface area contributed by atoms with E-state index in [9.17, 15) is 9.18 Å². The van der Waals surface area contributed by atoms with E-state index >= 15 is 0 Å². The van der Waals surface area contributed by atoms with E-state index in [0.717, 1.165) is 0 Å². The SMILES string of the molecule is COc1cc(-c2ccc(C(=O)O)cn2)ccc1F. The molecule has 2 aromatic rings. The average Bonchev–Trinajstić information content (AvgIpc) is 2.39. The van der Waals surface area contributed by atoms with E-state index in [2.05, 4.69) is 4.98 Å². The fraction of sp³-hybridized carbons (Fsp3) is 0.0769. The Morgan fingerprint density at radius 2 is 2.11 bits per heavy atom. The van der Waals surface area contributed by atoms with Crippen LogP contribution < -0.4 is 4.74 Å². The second-order valence-electron chi connectivity index (χ2n) is 3.59. The second kappa shape index (κ2) is 4.83. The van der Waals surface area contributed by atoms with E-state index in [1.54, 1.807) is 12.1 Å². The number of methoxy groups -OCH3 is 1. The number of nitrogens with zero attached hydrogens (tertiary/aromatic N) is 1. The van der Waals surface area contributed by atoms with Gasteiger partial charge in [0.1, 0.15) is 0 Å². The molecule has 0 unspecified atom stereocenters. The summed E-state index contributed by atoms with van der Waals surface area (Å²) in [6.45, 7) is 0. The molecule has 0 aliphatic rings. The summed E-state index contributed by atoms with van der Waals surface area (Å²) in [6, 6.07) is 7.36. The minimum atomic E-state index is -1.04. The average molecular weight is 247 g/mol. The molecule has 0 aliphatic carbocycles. The molecule has 0 atom stereocenters. The van der Waals surface area contributed by atoms with E-state index in [4.69, 9.17) is 9.84 Å². The number of ether oxygens (including phenoxy) is 1. The number of rotatable bonds is 3. The maximum absolute atomic E-state index is 13.2. The minimum absolute atomic E-state index is 0.104. The number of carboxylic acids is 1. The van der Waals surface area contributed by atoms with Crippen LogP contribution in [0.2, 0.25) is 0 Å². The predicted molar refractivity (Wildman–Crippen MR) is 63.1 cm³/mol. The van der Waals surface area contributed by atoms with E-state index in [-0.39, 0.29) is 11.3 Å². The molecule has 0 saturated heterocycles. The van der Waals surface area contributed by atoms with Crippen LogP contribution >= 0.6 is 0 Å². The topological polar surface area (TPSA) is 59.4 Å². The van der Waals surface area contributed by atoms with Gasteiger partial charge in [-0.25, -0.2) is 9.18 Å². The molecule has 2 rings (SSSR count). The molecule has 0 radical (unpaired) electrons. The summed E-state index contributed by atoms with van der Waals surface area (Å²) in [5.74, 6) is -1.37. The highest BCUT2D eigenvalue weighted by Gasteiger charge is 2.07. The van der Waals surface area contributed by atoms with Gasteiger partial charge in [-0.1, -0.05) is 0 Å². The first-order chi connectivity index (χ1) is 8.61. The summed E-state index contributed by atoms with van der Waals surface area (Å²) in [5.41, 5.74) is 1.32. The van der Waals surface area contributed by atoms with Crippen LogP contribution in [0.1, 0.15) is 10.4 Å². The van der Waals surface area contributed by atoms with Gasteiger partial charge < -0.3 is 9.84 Å². The van der Waals surface area contributed by atoms with Crippen molar-refractivity contribution in [2.45, 2.75) is 0 Å². The number of carbonyl (C=O) groups is 1. The van der Waals surface area contributed by atoms with Crippen molar-refractivity contribution in [1.82, 2.24) is 4.98 Å². The molecular formula is C13H10FNO3. The van der Waals surface area contributed by atoms with Crippen LogP contribution in [0.25, 0.3) is 11.3 Å². The van der Waals surface area contributed by atoms with E-state index in [0.29, 0.717) is 11.3 Å². The third kappa shape index (κ3) is 2.29. The molecule has 0 spiro atoms. The van der Waals surface area contributed by atoms with Crippen molar-refractivity contribution in [2.24, 2.45) is 0 Å². The number of benzene rings is 1. The number of hydrogen-bond donors (Lipinski definition) is 1. The van der Waals surface area contributed by atoms with Gasteiger partial charge in [-0.3, -0.25) is 4.98 Å². The molecule has 0 fully saturated rings. The zero-order valence-electron chi connectivity index (χ0n) is 9.55. The standard InChI is InChI=1S/C13H10FNO3/c1-18-12-6-8(2-4-10(12)14)11-5-3-9(7-15-11)13(16)17/h2-7H,1H3,(H,16,17). The Morgan fingerprint density at radius 1 is 1.33 bits per heavy atom. The highest BCUT2D eigenvalue weighted by molar-refractivity contribution is 5.87. The third-order valence-corrected chi connectivity index (χ3v) is 2.46. The summed E-state index contributed by atoms with van der Waals surface area (Å²) >= 11 is 0. The summed E-state index contributed by atoms with van der Waals surface area (Å²) in [4.78, 5) is 14.7. The van der Waals surface area contributed by atoms with E-state index in [1.165, 1.54) is 31.5 Å². The van der Waals surface area contributed by atoms with Gasteiger partial charge in [0.05, 0.1) is 18.4 Å². The van der Waals surface area contributed by atoms with Gasteiger partial charge in [-0.2, -0.15) is 0 Å².